The molecule has 0 aliphatic heterocycles. The maximum Gasteiger partial charge on any atom is 0.261 e. The summed E-state index contributed by atoms with van der Waals surface area (Å²) in [5.41, 5.74) is 2.87. The minimum Gasteiger partial charge on any atom is -0.382 e. The van der Waals surface area contributed by atoms with Crippen LogP contribution in [0.25, 0.3) is 27.5 Å². The number of benzene rings is 2. The number of hydrogen-bond acceptors (Lipinski definition) is 5. The summed E-state index contributed by atoms with van der Waals surface area (Å²) in [7, 11) is 0. The number of rotatable bonds is 8. The van der Waals surface area contributed by atoms with Crippen molar-refractivity contribution in [2.75, 3.05) is 13.2 Å². The number of hydrogen-bond donors (Lipinski definition) is 0. The molecule has 0 bridgehead atoms. The molecule has 3 aromatic heterocycles. The lowest BCUT2D eigenvalue weighted by Gasteiger charge is -2.12. The van der Waals surface area contributed by atoms with E-state index >= 15 is 0 Å². The maximum atomic E-state index is 13.3. The van der Waals surface area contributed by atoms with Gasteiger partial charge in [0.25, 0.3) is 5.56 Å². The topological polar surface area (TPSA) is 74.8 Å². The quantitative estimate of drug-likeness (QED) is 0.268. The van der Waals surface area contributed by atoms with Crippen LogP contribution in [0.2, 0.25) is 0 Å². The van der Waals surface area contributed by atoms with Crippen LogP contribution in [0.3, 0.4) is 0 Å². The van der Waals surface area contributed by atoms with Crippen LogP contribution in [0.5, 0.6) is 0 Å². The van der Waals surface area contributed by atoms with Crippen molar-refractivity contribution in [1.82, 2.24) is 24.3 Å². The molecule has 0 fully saturated rings. The average molecular weight is 440 g/mol. The summed E-state index contributed by atoms with van der Waals surface area (Å²) in [5, 5.41) is 6.96. The third-order valence-electron chi connectivity index (χ3n) is 5.75. The van der Waals surface area contributed by atoms with Gasteiger partial charge < -0.3 is 4.74 Å². The van der Waals surface area contributed by atoms with E-state index in [2.05, 4.69) is 27.2 Å². The second kappa shape index (κ2) is 9.34. The molecule has 0 N–H and O–H groups in total. The molecule has 0 amide bonds. The van der Waals surface area contributed by atoms with Crippen LogP contribution in [0.4, 0.5) is 0 Å². The van der Waals surface area contributed by atoms with Crippen LogP contribution >= 0.6 is 0 Å². The van der Waals surface area contributed by atoms with Gasteiger partial charge in [-0.05, 0) is 54.5 Å². The van der Waals surface area contributed by atoms with Crippen LogP contribution in [0.15, 0.2) is 78.2 Å². The van der Waals surface area contributed by atoms with Crippen LogP contribution in [0.1, 0.15) is 24.5 Å². The molecule has 0 saturated carbocycles. The largest absolute Gasteiger partial charge is 0.382 e. The Morgan fingerprint density at radius 2 is 1.88 bits per heavy atom. The zero-order valence-corrected chi connectivity index (χ0v) is 18.5. The van der Waals surface area contributed by atoms with Crippen molar-refractivity contribution in [2.24, 2.45) is 0 Å². The predicted octanol–water partition coefficient (Wildman–Crippen LogP) is 4.15. The fraction of sp³-hybridized carbons (Fsp3) is 0.231. The molecular formula is C26H25N5O2. The third kappa shape index (κ3) is 4.27. The molecular weight excluding hydrogens is 414 g/mol. The highest BCUT2D eigenvalue weighted by atomic mass is 16.5. The third-order valence-corrected chi connectivity index (χ3v) is 5.75. The Morgan fingerprint density at radius 1 is 1.00 bits per heavy atom. The molecule has 0 unspecified atom stereocenters. The number of nitrogens with zero attached hydrogens (tertiary/aromatic N) is 5. The van der Waals surface area contributed by atoms with Gasteiger partial charge >= 0.3 is 0 Å². The molecule has 5 aromatic rings. The van der Waals surface area contributed by atoms with Gasteiger partial charge in [-0.15, -0.1) is 0 Å². The lowest BCUT2D eigenvalue weighted by molar-refractivity contribution is 0.141. The molecule has 5 rings (SSSR count). The van der Waals surface area contributed by atoms with Gasteiger partial charge in [0.15, 0.2) is 5.82 Å². The van der Waals surface area contributed by atoms with E-state index in [1.54, 1.807) is 21.8 Å². The first kappa shape index (κ1) is 21.0. The van der Waals surface area contributed by atoms with E-state index in [1.165, 1.54) is 0 Å². The summed E-state index contributed by atoms with van der Waals surface area (Å²) >= 11 is 0. The Hall–Kier alpha value is -3.84. The minimum absolute atomic E-state index is 0.0179. The molecule has 2 aromatic carbocycles. The Balaban J connectivity index is 1.53. The highest BCUT2D eigenvalue weighted by molar-refractivity contribution is 6.06. The zero-order chi connectivity index (χ0) is 22.6. The van der Waals surface area contributed by atoms with Gasteiger partial charge in [0.2, 0.25) is 0 Å². The first-order chi connectivity index (χ1) is 16.2. The Kier molecular flexibility index (Phi) is 5.95. The Bertz CT molecular complexity index is 1440. The van der Waals surface area contributed by atoms with Gasteiger partial charge in [-0.3, -0.25) is 9.36 Å². The number of ether oxygens (including phenoxy) is 1. The maximum absolute atomic E-state index is 13.3. The summed E-state index contributed by atoms with van der Waals surface area (Å²) in [4.78, 5) is 22.5. The van der Waals surface area contributed by atoms with E-state index in [4.69, 9.17) is 4.74 Å². The summed E-state index contributed by atoms with van der Waals surface area (Å²) in [5.74, 6) is 0.770. The normalized spacial score (nSPS) is 11.4. The molecule has 7 heteroatoms. The van der Waals surface area contributed by atoms with Crippen LogP contribution in [-0.4, -0.2) is 37.5 Å². The zero-order valence-electron chi connectivity index (χ0n) is 18.5. The van der Waals surface area contributed by atoms with Crippen molar-refractivity contribution in [2.45, 2.75) is 26.3 Å². The Labute approximate surface area is 191 Å². The lowest BCUT2D eigenvalue weighted by atomic mass is 9.96. The van der Waals surface area contributed by atoms with Crippen LogP contribution < -0.4 is 5.56 Å². The molecule has 0 atom stereocenters. The van der Waals surface area contributed by atoms with E-state index in [0.29, 0.717) is 31.6 Å². The molecule has 0 spiro atoms. The van der Waals surface area contributed by atoms with Gasteiger partial charge in [-0.25, -0.2) is 14.6 Å². The van der Waals surface area contributed by atoms with Gasteiger partial charge in [0, 0.05) is 43.7 Å². The van der Waals surface area contributed by atoms with E-state index in [1.807, 2.05) is 55.7 Å². The van der Waals surface area contributed by atoms with E-state index in [-0.39, 0.29) is 5.56 Å². The van der Waals surface area contributed by atoms with Crippen molar-refractivity contribution >= 4 is 21.7 Å². The van der Waals surface area contributed by atoms with E-state index in [0.717, 1.165) is 39.7 Å². The minimum atomic E-state index is -0.0179. The summed E-state index contributed by atoms with van der Waals surface area (Å²) in [6.45, 7) is 3.86. The first-order valence-electron chi connectivity index (χ1n) is 11.2. The van der Waals surface area contributed by atoms with Gasteiger partial charge in [0.05, 0.1) is 17.2 Å². The monoisotopic (exact) mass is 439 g/mol. The van der Waals surface area contributed by atoms with Gasteiger partial charge in [-0.1, -0.05) is 30.3 Å². The highest BCUT2D eigenvalue weighted by Gasteiger charge is 2.12. The Morgan fingerprint density at radius 3 is 2.64 bits per heavy atom. The van der Waals surface area contributed by atoms with E-state index in [9.17, 15) is 4.79 Å². The smallest absolute Gasteiger partial charge is 0.261 e. The molecule has 166 valence electrons. The number of pyridine rings is 1. The van der Waals surface area contributed by atoms with Gasteiger partial charge in [-0.2, -0.15) is 5.10 Å². The fourth-order valence-corrected chi connectivity index (χ4v) is 4.14. The number of aryl methyl sites for hydroxylation is 1. The van der Waals surface area contributed by atoms with Crippen molar-refractivity contribution in [1.29, 1.82) is 0 Å². The average Bonchev–Trinajstić information content (AvgIpc) is 3.39. The summed E-state index contributed by atoms with van der Waals surface area (Å²) in [6, 6.07) is 16.0. The summed E-state index contributed by atoms with van der Waals surface area (Å²) in [6.07, 6.45) is 8.56. The molecule has 0 radical (unpaired) electrons. The molecule has 0 aliphatic rings. The van der Waals surface area contributed by atoms with Crippen LogP contribution in [-0.2, 0) is 17.7 Å². The molecule has 3 heterocycles. The van der Waals surface area contributed by atoms with Crippen molar-refractivity contribution in [3.63, 3.8) is 0 Å². The SMILES string of the molecule is CCOCCCn1cnc2c(cc(Cc3ccc(-n4cccn4)nc3)c3ccccc32)c1=O. The van der Waals surface area contributed by atoms with Crippen molar-refractivity contribution < 1.29 is 4.74 Å². The number of aromatic nitrogens is 5. The van der Waals surface area contributed by atoms with Crippen molar-refractivity contribution in [3.8, 4) is 5.82 Å². The first-order valence-corrected chi connectivity index (χ1v) is 11.2. The van der Waals surface area contributed by atoms with E-state index < -0.39 is 0 Å². The van der Waals surface area contributed by atoms with Gasteiger partial charge in [0.1, 0.15) is 0 Å². The van der Waals surface area contributed by atoms with Crippen LogP contribution in [0, 0.1) is 0 Å². The fourth-order valence-electron chi connectivity index (χ4n) is 4.14. The highest BCUT2D eigenvalue weighted by Crippen LogP contribution is 2.27. The lowest BCUT2D eigenvalue weighted by Crippen LogP contribution is -2.21. The molecule has 0 aliphatic carbocycles. The van der Waals surface area contributed by atoms with Crippen molar-refractivity contribution in [3.05, 3.63) is 94.9 Å². The second-order valence-electron chi connectivity index (χ2n) is 7.92. The predicted molar refractivity (Wildman–Crippen MR) is 129 cm³/mol. The number of fused-ring (bicyclic) bond motifs is 3. The standard InChI is InChI=1S/C26H25N5O2/c1-2-33-14-6-12-30-18-28-25-22-8-4-3-7-21(22)20(16-23(25)26(30)32)15-19-9-10-24(27-17-19)31-13-5-11-29-31/h3-5,7-11,13,16-18H,2,6,12,14-15H2,1H3. The summed E-state index contributed by atoms with van der Waals surface area (Å²) < 4.78 is 8.82. The molecule has 33 heavy (non-hydrogen) atoms. The second-order valence-corrected chi connectivity index (χ2v) is 7.92. The molecule has 0 saturated heterocycles. The molecule has 7 nitrogen and oxygen atoms in total.